The summed E-state index contributed by atoms with van der Waals surface area (Å²) in [6.07, 6.45) is 2.13. The second kappa shape index (κ2) is 5.23. The van der Waals surface area contributed by atoms with Gasteiger partial charge in [-0.15, -0.1) is 11.8 Å². The maximum atomic E-state index is 9.69. The highest BCUT2D eigenvalue weighted by Gasteiger charge is 2.16. The van der Waals surface area contributed by atoms with Crippen molar-refractivity contribution in [3.8, 4) is 5.75 Å². The third-order valence-corrected chi connectivity index (χ3v) is 4.26. The summed E-state index contributed by atoms with van der Waals surface area (Å²) in [5.41, 5.74) is 0. The van der Waals surface area contributed by atoms with Crippen LogP contribution in [0.4, 0.5) is 0 Å². The van der Waals surface area contributed by atoms with Gasteiger partial charge in [0, 0.05) is 22.9 Å². The second-order valence-electron chi connectivity index (χ2n) is 3.54. The molecule has 0 aromatic heterocycles. The first kappa shape index (κ1) is 11.3. The topological polar surface area (TPSA) is 29.5 Å². The van der Waals surface area contributed by atoms with Gasteiger partial charge in [-0.2, -0.15) is 0 Å². The van der Waals surface area contributed by atoms with Crippen LogP contribution >= 0.6 is 27.7 Å². The number of ether oxygens (including phenoxy) is 1. The van der Waals surface area contributed by atoms with Gasteiger partial charge in [0.15, 0.2) is 0 Å². The van der Waals surface area contributed by atoms with E-state index in [-0.39, 0.29) is 0 Å². The standard InChI is InChI=1S/C11H13BrO2S/c12-8-1-2-10(13)11(7-8)15-9-3-5-14-6-4-9/h1-2,7,9,13H,3-6H2. The monoisotopic (exact) mass is 288 g/mol. The van der Waals surface area contributed by atoms with E-state index in [4.69, 9.17) is 4.74 Å². The van der Waals surface area contributed by atoms with Gasteiger partial charge in [0.05, 0.1) is 4.90 Å². The number of thioether (sulfide) groups is 1. The second-order valence-corrected chi connectivity index (χ2v) is 5.80. The zero-order chi connectivity index (χ0) is 10.7. The Kier molecular flexibility index (Phi) is 3.94. The average Bonchev–Trinajstić information content (AvgIpc) is 2.25. The van der Waals surface area contributed by atoms with E-state index in [9.17, 15) is 5.11 Å². The van der Waals surface area contributed by atoms with Crippen molar-refractivity contribution in [2.24, 2.45) is 0 Å². The van der Waals surface area contributed by atoms with E-state index in [2.05, 4.69) is 15.9 Å². The van der Waals surface area contributed by atoms with Crippen LogP contribution in [0, 0.1) is 0 Å². The van der Waals surface area contributed by atoms with Gasteiger partial charge in [0.25, 0.3) is 0 Å². The van der Waals surface area contributed by atoms with Crippen LogP contribution in [0.1, 0.15) is 12.8 Å². The third kappa shape index (κ3) is 3.13. The first-order valence-corrected chi connectivity index (χ1v) is 6.66. The molecular weight excluding hydrogens is 276 g/mol. The smallest absolute Gasteiger partial charge is 0.129 e. The predicted molar refractivity (Wildman–Crippen MR) is 65.5 cm³/mol. The fourth-order valence-electron chi connectivity index (χ4n) is 1.56. The number of aromatic hydroxyl groups is 1. The molecule has 1 heterocycles. The van der Waals surface area contributed by atoms with Crippen LogP contribution in [-0.2, 0) is 4.74 Å². The van der Waals surface area contributed by atoms with Gasteiger partial charge in [-0.3, -0.25) is 0 Å². The van der Waals surface area contributed by atoms with E-state index in [0.29, 0.717) is 11.0 Å². The minimum Gasteiger partial charge on any atom is -0.507 e. The summed E-state index contributed by atoms with van der Waals surface area (Å²) in [5.74, 6) is 0.370. The molecule has 4 heteroatoms. The molecule has 2 nitrogen and oxygen atoms in total. The minimum atomic E-state index is 0.370. The molecule has 0 saturated carbocycles. The van der Waals surface area contributed by atoms with Crippen molar-refractivity contribution in [3.05, 3.63) is 22.7 Å². The summed E-state index contributed by atoms with van der Waals surface area (Å²) in [7, 11) is 0. The molecule has 2 rings (SSSR count). The van der Waals surface area contributed by atoms with Crippen molar-refractivity contribution in [2.45, 2.75) is 23.0 Å². The molecule has 1 aromatic rings. The molecule has 0 bridgehead atoms. The lowest BCUT2D eigenvalue weighted by atomic mass is 10.2. The van der Waals surface area contributed by atoms with Crippen LogP contribution in [0.2, 0.25) is 0 Å². The zero-order valence-corrected chi connectivity index (χ0v) is 10.7. The van der Waals surface area contributed by atoms with Gasteiger partial charge in [0.1, 0.15) is 5.75 Å². The van der Waals surface area contributed by atoms with Gasteiger partial charge >= 0.3 is 0 Å². The molecule has 15 heavy (non-hydrogen) atoms. The van der Waals surface area contributed by atoms with Crippen LogP contribution in [0.15, 0.2) is 27.6 Å². The van der Waals surface area contributed by atoms with Crippen molar-refractivity contribution >= 4 is 27.7 Å². The molecule has 1 fully saturated rings. The summed E-state index contributed by atoms with van der Waals surface area (Å²) in [6, 6.07) is 5.55. The van der Waals surface area contributed by atoms with Gasteiger partial charge < -0.3 is 9.84 Å². The summed E-state index contributed by atoms with van der Waals surface area (Å²) in [5, 5.41) is 10.3. The number of hydrogen-bond acceptors (Lipinski definition) is 3. The van der Waals surface area contributed by atoms with Crippen molar-refractivity contribution in [2.75, 3.05) is 13.2 Å². The van der Waals surface area contributed by atoms with Crippen molar-refractivity contribution in [3.63, 3.8) is 0 Å². The summed E-state index contributed by atoms with van der Waals surface area (Å²) in [4.78, 5) is 0.955. The highest BCUT2D eigenvalue weighted by Crippen LogP contribution is 2.36. The number of rotatable bonds is 2. The lowest BCUT2D eigenvalue weighted by Gasteiger charge is -2.21. The van der Waals surface area contributed by atoms with E-state index in [1.807, 2.05) is 12.1 Å². The average molecular weight is 289 g/mol. The van der Waals surface area contributed by atoms with E-state index in [1.165, 1.54) is 0 Å². The number of phenolic OH excluding ortho intramolecular Hbond substituents is 1. The molecule has 1 aliphatic heterocycles. The predicted octanol–water partition coefficient (Wildman–Crippen LogP) is 3.43. The number of phenols is 1. The van der Waals surface area contributed by atoms with Gasteiger partial charge in [-0.05, 0) is 31.0 Å². The Hall–Kier alpha value is -0.190. The largest absolute Gasteiger partial charge is 0.507 e. The highest BCUT2D eigenvalue weighted by molar-refractivity contribution is 9.10. The molecule has 0 amide bonds. The number of hydrogen-bond donors (Lipinski definition) is 1. The molecular formula is C11H13BrO2S. The van der Waals surface area contributed by atoms with E-state index in [0.717, 1.165) is 35.4 Å². The van der Waals surface area contributed by atoms with Crippen LogP contribution in [-0.4, -0.2) is 23.6 Å². The summed E-state index contributed by atoms with van der Waals surface area (Å²) >= 11 is 5.16. The molecule has 1 saturated heterocycles. The van der Waals surface area contributed by atoms with Gasteiger partial charge in [0.2, 0.25) is 0 Å². The van der Waals surface area contributed by atoms with E-state index < -0.39 is 0 Å². The first-order chi connectivity index (χ1) is 7.25. The summed E-state index contributed by atoms with van der Waals surface area (Å²) < 4.78 is 6.32. The molecule has 0 atom stereocenters. The Morgan fingerprint density at radius 1 is 1.33 bits per heavy atom. The van der Waals surface area contributed by atoms with E-state index >= 15 is 0 Å². The molecule has 1 aromatic carbocycles. The lowest BCUT2D eigenvalue weighted by Crippen LogP contribution is -2.17. The summed E-state index contributed by atoms with van der Waals surface area (Å²) in [6.45, 7) is 1.68. The molecule has 0 radical (unpaired) electrons. The van der Waals surface area contributed by atoms with Gasteiger partial charge in [-0.25, -0.2) is 0 Å². The Bertz CT molecular complexity index is 337. The quantitative estimate of drug-likeness (QED) is 0.904. The molecule has 1 aliphatic rings. The fourth-order valence-corrected chi connectivity index (χ4v) is 3.24. The molecule has 1 N–H and O–H groups in total. The molecule has 0 aliphatic carbocycles. The highest BCUT2D eigenvalue weighted by atomic mass is 79.9. The van der Waals surface area contributed by atoms with Crippen molar-refractivity contribution < 1.29 is 9.84 Å². The van der Waals surface area contributed by atoms with Crippen LogP contribution in [0.3, 0.4) is 0 Å². The SMILES string of the molecule is Oc1ccc(Br)cc1SC1CCOCC1. The van der Waals surface area contributed by atoms with Crippen molar-refractivity contribution in [1.82, 2.24) is 0 Å². The Balaban J connectivity index is 2.05. The van der Waals surface area contributed by atoms with Gasteiger partial charge in [-0.1, -0.05) is 15.9 Å². The number of benzene rings is 1. The van der Waals surface area contributed by atoms with Crippen molar-refractivity contribution in [1.29, 1.82) is 0 Å². The molecule has 0 spiro atoms. The zero-order valence-electron chi connectivity index (χ0n) is 8.28. The Morgan fingerprint density at radius 3 is 2.80 bits per heavy atom. The lowest BCUT2D eigenvalue weighted by molar-refractivity contribution is 0.1000. The maximum absolute atomic E-state index is 9.69. The van der Waals surface area contributed by atoms with Crippen LogP contribution in [0.25, 0.3) is 0 Å². The number of halogens is 1. The maximum Gasteiger partial charge on any atom is 0.129 e. The third-order valence-electron chi connectivity index (χ3n) is 2.38. The molecule has 82 valence electrons. The normalized spacial score (nSPS) is 17.9. The van der Waals surface area contributed by atoms with Crippen LogP contribution in [0.5, 0.6) is 5.75 Å². The van der Waals surface area contributed by atoms with Crippen LogP contribution < -0.4 is 0 Å². The minimum absolute atomic E-state index is 0.370. The fraction of sp³-hybridized carbons (Fsp3) is 0.455. The van der Waals surface area contributed by atoms with E-state index in [1.54, 1.807) is 17.8 Å². The Labute approximate surface area is 102 Å². The molecule has 0 unspecified atom stereocenters. The Morgan fingerprint density at radius 2 is 2.07 bits per heavy atom. The first-order valence-electron chi connectivity index (χ1n) is 4.98.